The number of nitrogens with zero attached hydrogens (tertiary/aromatic N) is 2. The summed E-state index contributed by atoms with van der Waals surface area (Å²) in [6.45, 7) is 5.13. The highest BCUT2D eigenvalue weighted by molar-refractivity contribution is 5.04. The molecular formula is C12H23IN2. The van der Waals surface area contributed by atoms with E-state index in [9.17, 15) is 0 Å². The molecule has 2 heterocycles. The summed E-state index contributed by atoms with van der Waals surface area (Å²) in [6, 6.07) is 0. The summed E-state index contributed by atoms with van der Waals surface area (Å²) in [4.78, 5) is 2.61. The molecule has 3 heteroatoms. The van der Waals surface area contributed by atoms with Gasteiger partial charge in [-0.05, 0) is 25.3 Å². The average molecular weight is 322 g/mol. The number of hydrogen-bond donors (Lipinski definition) is 0. The van der Waals surface area contributed by atoms with Gasteiger partial charge in [0.1, 0.15) is 0 Å². The lowest BCUT2D eigenvalue weighted by Crippen LogP contribution is -3.00. The van der Waals surface area contributed by atoms with Crippen molar-refractivity contribution in [3.8, 4) is 0 Å². The molecule has 0 atom stereocenters. The van der Waals surface area contributed by atoms with Gasteiger partial charge in [-0.2, -0.15) is 0 Å². The topological polar surface area (TPSA) is 3.24 Å². The van der Waals surface area contributed by atoms with Gasteiger partial charge in [-0.25, -0.2) is 0 Å². The van der Waals surface area contributed by atoms with E-state index in [-0.39, 0.29) is 24.0 Å². The Morgan fingerprint density at radius 3 is 2.33 bits per heavy atom. The van der Waals surface area contributed by atoms with Gasteiger partial charge in [0.15, 0.2) is 0 Å². The SMILES string of the molecule is C[N+]1(C)CC=C(N2CCCCC2)CC1.[I-]. The van der Waals surface area contributed by atoms with Crippen LogP contribution in [0.2, 0.25) is 0 Å². The number of hydrogen-bond acceptors (Lipinski definition) is 1. The van der Waals surface area contributed by atoms with Gasteiger partial charge in [-0.3, -0.25) is 0 Å². The lowest BCUT2D eigenvalue weighted by atomic mass is 10.1. The summed E-state index contributed by atoms with van der Waals surface area (Å²) in [5, 5.41) is 0. The summed E-state index contributed by atoms with van der Waals surface area (Å²) in [7, 11) is 4.65. The molecule has 0 unspecified atom stereocenters. The van der Waals surface area contributed by atoms with Crippen molar-refractivity contribution in [2.75, 3.05) is 40.3 Å². The standard InChI is InChI=1S/C12H23N2.HI/c1-14(2)10-6-12(7-11-14)13-8-4-3-5-9-13;/h6H,3-5,7-11H2,1-2H3;1H/q+1;/p-1. The zero-order chi connectivity index (χ0) is 10.0. The highest BCUT2D eigenvalue weighted by atomic mass is 127. The first-order valence-corrected chi connectivity index (χ1v) is 5.93. The first-order chi connectivity index (χ1) is 6.67. The zero-order valence-corrected chi connectivity index (χ0v) is 12.2. The molecule has 0 aromatic carbocycles. The predicted molar refractivity (Wildman–Crippen MR) is 60.0 cm³/mol. The smallest absolute Gasteiger partial charge is 0.0989 e. The summed E-state index contributed by atoms with van der Waals surface area (Å²) in [5.41, 5.74) is 1.63. The Kier molecular flexibility index (Phi) is 4.90. The first kappa shape index (κ1) is 13.3. The van der Waals surface area contributed by atoms with E-state index in [2.05, 4.69) is 25.1 Å². The molecule has 2 nitrogen and oxygen atoms in total. The van der Waals surface area contributed by atoms with Crippen molar-refractivity contribution in [3.05, 3.63) is 11.8 Å². The molecule has 1 saturated heterocycles. The van der Waals surface area contributed by atoms with Gasteiger partial charge in [-0.15, -0.1) is 0 Å². The molecule has 0 aliphatic carbocycles. The molecule has 0 N–H and O–H groups in total. The fourth-order valence-corrected chi connectivity index (χ4v) is 2.43. The molecule has 0 radical (unpaired) electrons. The fraction of sp³-hybridized carbons (Fsp3) is 0.833. The molecule has 88 valence electrons. The van der Waals surface area contributed by atoms with E-state index < -0.39 is 0 Å². The van der Waals surface area contributed by atoms with Crippen molar-refractivity contribution in [3.63, 3.8) is 0 Å². The van der Waals surface area contributed by atoms with E-state index in [0.717, 1.165) is 4.48 Å². The summed E-state index contributed by atoms with van der Waals surface area (Å²) < 4.78 is 1.16. The first-order valence-electron chi connectivity index (χ1n) is 5.93. The van der Waals surface area contributed by atoms with Gasteiger partial charge in [0.05, 0.1) is 27.2 Å². The van der Waals surface area contributed by atoms with Crippen LogP contribution in [0.25, 0.3) is 0 Å². The summed E-state index contributed by atoms with van der Waals surface area (Å²) in [5.74, 6) is 0. The number of likely N-dealkylation sites (N-methyl/N-ethyl adjacent to an activating group) is 1. The Balaban J connectivity index is 0.00000112. The van der Waals surface area contributed by atoms with E-state index in [1.165, 1.54) is 51.9 Å². The van der Waals surface area contributed by atoms with Crippen LogP contribution in [0.15, 0.2) is 11.8 Å². The number of quaternary nitrogens is 1. The minimum Gasteiger partial charge on any atom is -1.00 e. The number of halogens is 1. The quantitative estimate of drug-likeness (QED) is 0.435. The second kappa shape index (κ2) is 5.53. The largest absolute Gasteiger partial charge is 1.00 e. The van der Waals surface area contributed by atoms with Crippen LogP contribution in [0.1, 0.15) is 25.7 Å². The molecule has 0 amide bonds. The Bertz CT molecular complexity index is 230. The highest BCUT2D eigenvalue weighted by Gasteiger charge is 2.23. The van der Waals surface area contributed by atoms with Gasteiger partial charge < -0.3 is 33.4 Å². The molecule has 0 spiro atoms. The molecule has 0 saturated carbocycles. The van der Waals surface area contributed by atoms with Crippen molar-refractivity contribution >= 4 is 0 Å². The maximum Gasteiger partial charge on any atom is 0.0989 e. The molecule has 15 heavy (non-hydrogen) atoms. The van der Waals surface area contributed by atoms with Gasteiger partial charge >= 0.3 is 0 Å². The van der Waals surface area contributed by atoms with Crippen LogP contribution in [0.5, 0.6) is 0 Å². The molecule has 2 rings (SSSR count). The zero-order valence-electron chi connectivity index (χ0n) is 10.0. The minimum atomic E-state index is 0. The number of piperidine rings is 1. The molecule has 0 bridgehead atoms. The van der Waals surface area contributed by atoms with Crippen LogP contribution in [-0.2, 0) is 0 Å². The van der Waals surface area contributed by atoms with Crippen LogP contribution in [0, 0.1) is 0 Å². The number of rotatable bonds is 1. The Morgan fingerprint density at radius 1 is 1.13 bits per heavy atom. The van der Waals surface area contributed by atoms with Crippen molar-refractivity contribution in [1.29, 1.82) is 0 Å². The monoisotopic (exact) mass is 322 g/mol. The summed E-state index contributed by atoms with van der Waals surface area (Å²) >= 11 is 0. The Hall–Kier alpha value is 0.230. The molecule has 2 aliphatic rings. The van der Waals surface area contributed by atoms with Gasteiger partial charge in [-0.1, -0.05) is 0 Å². The van der Waals surface area contributed by atoms with E-state index >= 15 is 0 Å². The van der Waals surface area contributed by atoms with Crippen LogP contribution in [0.4, 0.5) is 0 Å². The average Bonchev–Trinajstić information content (AvgIpc) is 2.19. The maximum atomic E-state index is 2.61. The Labute approximate surface area is 111 Å². The van der Waals surface area contributed by atoms with Gasteiger partial charge in [0, 0.05) is 25.2 Å². The number of likely N-dealkylation sites (tertiary alicyclic amines) is 1. The van der Waals surface area contributed by atoms with Crippen molar-refractivity contribution < 1.29 is 28.5 Å². The maximum absolute atomic E-state index is 2.61. The second-order valence-corrected chi connectivity index (χ2v) is 5.34. The molecule has 2 aliphatic heterocycles. The van der Waals surface area contributed by atoms with Crippen molar-refractivity contribution in [2.45, 2.75) is 25.7 Å². The van der Waals surface area contributed by atoms with Crippen LogP contribution < -0.4 is 24.0 Å². The minimum absolute atomic E-state index is 0. The lowest BCUT2D eigenvalue weighted by molar-refractivity contribution is -0.886. The normalized spacial score (nSPS) is 25.5. The van der Waals surface area contributed by atoms with E-state index in [1.54, 1.807) is 5.70 Å². The third kappa shape index (κ3) is 3.63. The lowest BCUT2D eigenvalue weighted by Gasteiger charge is -2.38. The van der Waals surface area contributed by atoms with E-state index in [1.807, 2.05) is 0 Å². The third-order valence-corrected chi connectivity index (χ3v) is 3.56. The molecule has 0 aromatic heterocycles. The Morgan fingerprint density at radius 2 is 1.80 bits per heavy atom. The molecule has 1 fully saturated rings. The van der Waals surface area contributed by atoms with Crippen LogP contribution in [0.3, 0.4) is 0 Å². The summed E-state index contributed by atoms with van der Waals surface area (Å²) in [6.07, 6.45) is 7.98. The highest BCUT2D eigenvalue weighted by Crippen LogP contribution is 2.21. The van der Waals surface area contributed by atoms with Gasteiger partial charge in [0.2, 0.25) is 0 Å². The van der Waals surface area contributed by atoms with Gasteiger partial charge in [0.25, 0.3) is 0 Å². The second-order valence-electron chi connectivity index (χ2n) is 5.34. The van der Waals surface area contributed by atoms with Crippen molar-refractivity contribution in [2.24, 2.45) is 0 Å². The van der Waals surface area contributed by atoms with E-state index in [0.29, 0.717) is 0 Å². The third-order valence-electron chi connectivity index (χ3n) is 3.56. The van der Waals surface area contributed by atoms with Crippen LogP contribution >= 0.6 is 0 Å². The molecule has 0 aromatic rings. The molecular weight excluding hydrogens is 299 g/mol. The van der Waals surface area contributed by atoms with E-state index in [4.69, 9.17) is 0 Å². The fourth-order valence-electron chi connectivity index (χ4n) is 2.43. The predicted octanol–water partition coefficient (Wildman–Crippen LogP) is -1.16. The van der Waals surface area contributed by atoms with Crippen molar-refractivity contribution in [1.82, 2.24) is 4.90 Å². The van der Waals surface area contributed by atoms with Crippen LogP contribution in [-0.4, -0.2) is 49.7 Å².